The summed E-state index contributed by atoms with van der Waals surface area (Å²) in [7, 11) is 0. The lowest BCUT2D eigenvalue weighted by Gasteiger charge is -2.12. The van der Waals surface area contributed by atoms with Gasteiger partial charge in [0.15, 0.2) is 0 Å². The van der Waals surface area contributed by atoms with Crippen molar-refractivity contribution < 1.29 is 4.79 Å². The van der Waals surface area contributed by atoms with Crippen LogP contribution in [-0.2, 0) is 13.0 Å². The van der Waals surface area contributed by atoms with E-state index in [1.807, 2.05) is 12.3 Å². The SMILES string of the molecule is CCCn1cc(CCNC(=O)NC2CCCC2)c2cccnc21. The topological polar surface area (TPSA) is 59.0 Å². The predicted molar refractivity (Wildman–Crippen MR) is 92.5 cm³/mol. The van der Waals surface area contributed by atoms with Crippen LogP contribution in [0.5, 0.6) is 0 Å². The number of pyridine rings is 1. The number of fused-ring (bicyclic) bond motifs is 1. The van der Waals surface area contributed by atoms with Crippen LogP contribution in [-0.4, -0.2) is 28.2 Å². The van der Waals surface area contributed by atoms with Crippen molar-refractivity contribution in [2.24, 2.45) is 0 Å². The molecule has 124 valence electrons. The van der Waals surface area contributed by atoms with Gasteiger partial charge in [-0.05, 0) is 43.4 Å². The molecule has 0 unspecified atom stereocenters. The lowest BCUT2D eigenvalue weighted by Crippen LogP contribution is -2.41. The molecule has 2 heterocycles. The van der Waals surface area contributed by atoms with Crippen LogP contribution in [0, 0.1) is 0 Å². The molecular formula is C18H26N4O. The number of carbonyl (C=O) groups is 1. The van der Waals surface area contributed by atoms with Crippen molar-refractivity contribution in [3.63, 3.8) is 0 Å². The third-order valence-electron chi connectivity index (χ3n) is 4.55. The van der Waals surface area contributed by atoms with Crippen LogP contribution in [0.4, 0.5) is 4.79 Å². The van der Waals surface area contributed by atoms with Gasteiger partial charge in [-0.3, -0.25) is 0 Å². The zero-order chi connectivity index (χ0) is 16.1. The summed E-state index contributed by atoms with van der Waals surface area (Å²) in [6, 6.07) is 4.42. The zero-order valence-corrected chi connectivity index (χ0v) is 13.8. The van der Waals surface area contributed by atoms with Crippen LogP contribution >= 0.6 is 0 Å². The Morgan fingerprint density at radius 2 is 2.22 bits per heavy atom. The smallest absolute Gasteiger partial charge is 0.315 e. The Balaban J connectivity index is 1.57. The van der Waals surface area contributed by atoms with E-state index in [1.165, 1.54) is 23.8 Å². The summed E-state index contributed by atoms with van der Waals surface area (Å²) < 4.78 is 2.21. The molecule has 0 spiro atoms. The van der Waals surface area contributed by atoms with Crippen molar-refractivity contribution in [3.05, 3.63) is 30.1 Å². The van der Waals surface area contributed by atoms with E-state index in [-0.39, 0.29) is 6.03 Å². The van der Waals surface area contributed by atoms with E-state index in [2.05, 4.69) is 39.4 Å². The molecule has 2 aromatic rings. The molecule has 2 aromatic heterocycles. The Labute approximate surface area is 137 Å². The van der Waals surface area contributed by atoms with Gasteiger partial charge in [0.25, 0.3) is 0 Å². The first-order valence-corrected chi connectivity index (χ1v) is 8.75. The zero-order valence-electron chi connectivity index (χ0n) is 13.8. The fourth-order valence-electron chi connectivity index (χ4n) is 3.42. The van der Waals surface area contributed by atoms with Gasteiger partial charge in [0.05, 0.1) is 0 Å². The molecule has 2 amide bonds. The lowest BCUT2D eigenvalue weighted by atomic mass is 10.1. The lowest BCUT2D eigenvalue weighted by molar-refractivity contribution is 0.237. The van der Waals surface area contributed by atoms with Crippen LogP contribution in [0.15, 0.2) is 24.5 Å². The summed E-state index contributed by atoms with van der Waals surface area (Å²) in [6.45, 7) is 3.80. The van der Waals surface area contributed by atoms with Gasteiger partial charge in [0.1, 0.15) is 5.65 Å². The molecule has 1 aliphatic rings. The van der Waals surface area contributed by atoms with Crippen molar-refractivity contribution in [1.82, 2.24) is 20.2 Å². The summed E-state index contributed by atoms with van der Waals surface area (Å²) in [5.74, 6) is 0. The summed E-state index contributed by atoms with van der Waals surface area (Å²) in [5.41, 5.74) is 2.29. The summed E-state index contributed by atoms with van der Waals surface area (Å²) in [6.07, 6.45) is 10.6. The maximum absolute atomic E-state index is 11.9. The van der Waals surface area contributed by atoms with Crippen molar-refractivity contribution in [2.45, 2.75) is 58.0 Å². The largest absolute Gasteiger partial charge is 0.338 e. The first-order valence-electron chi connectivity index (χ1n) is 8.75. The molecule has 5 heteroatoms. The fraction of sp³-hybridized carbons (Fsp3) is 0.556. The molecule has 0 bridgehead atoms. The molecular weight excluding hydrogens is 288 g/mol. The average molecular weight is 314 g/mol. The van der Waals surface area contributed by atoms with E-state index < -0.39 is 0 Å². The second kappa shape index (κ2) is 7.49. The summed E-state index contributed by atoms with van der Waals surface area (Å²) in [5, 5.41) is 7.24. The van der Waals surface area contributed by atoms with Crippen LogP contribution in [0.25, 0.3) is 11.0 Å². The third kappa shape index (κ3) is 3.84. The van der Waals surface area contributed by atoms with Crippen molar-refractivity contribution in [2.75, 3.05) is 6.54 Å². The van der Waals surface area contributed by atoms with Crippen molar-refractivity contribution >= 4 is 17.1 Å². The molecule has 0 aliphatic heterocycles. The molecule has 0 atom stereocenters. The number of carbonyl (C=O) groups excluding carboxylic acids is 1. The highest BCUT2D eigenvalue weighted by molar-refractivity contribution is 5.80. The first kappa shape index (κ1) is 15.8. The molecule has 3 rings (SSSR count). The first-order chi connectivity index (χ1) is 11.3. The minimum Gasteiger partial charge on any atom is -0.338 e. The van der Waals surface area contributed by atoms with Crippen LogP contribution in [0.1, 0.15) is 44.6 Å². The maximum atomic E-state index is 11.9. The molecule has 1 saturated carbocycles. The number of urea groups is 1. The van der Waals surface area contributed by atoms with Crippen LogP contribution in [0.2, 0.25) is 0 Å². The predicted octanol–water partition coefficient (Wildman–Crippen LogP) is 3.23. The Morgan fingerprint density at radius 3 is 3.00 bits per heavy atom. The Kier molecular flexibility index (Phi) is 5.16. The fourth-order valence-corrected chi connectivity index (χ4v) is 3.42. The average Bonchev–Trinajstić information content (AvgIpc) is 3.17. The second-order valence-corrected chi connectivity index (χ2v) is 6.35. The second-order valence-electron chi connectivity index (χ2n) is 6.35. The molecule has 1 fully saturated rings. The maximum Gasteiger partial charge on any atom is 0.315 e. The number of amides is 2. The number of rotatable bonds is 6. The number of aryl methyl sites for hydroxylation is 1. The van der Waals surface area contributed by atoms with Crippen LogP contribution < -0.4 is 10.6 Å². The minimum absolute atomic E-state index is 0.0349. The molecule has 0 radical (unpaired) electrons. The van der Waals surface area contributed by atoms with E-state index >= 15 is 0 Å². The number of hydrogen-bond acceptors (Lipinski definition) is 2. The molecule has 5 nitrogen and oxygen atoms in total. The van der Waals surface area contributed by atoms with Gasteiger partial charge in [-0.15, -0.1) is 0 Å². The van der Waals surface area contributed by atoms with Gasteiger partial charge in [0.2, 0.25) is 0 Å². The number of nitrogens with one attached hydrogen (secondary N) is 2. The van der Waals surface area contributed by atoms with E-state index in [0.29, 0.717) is 12.6 Å². The van der Waals surface area contributed by atoms with Gasteiger partial charge in [0, 0.05) is 36.9 Å². The highest BCUT2D eigenvalue weighted by atomic mass is 16.2. The third-order valence-corrected chi connectivity index (χ3v) is 4.55. The Hall–Kier alpha value is -2.04. The normalized spacial score (nSPS) is 15.2. The van der Waals surface area contributed by atoms with E-state index in [9.17, 15) is 4.79 Å². The highest BCUT2D eigenvalue weighted by Crippen LogP contribution is 2.20. The van der Waals surface area contributed by atoms with E-state index in [1.54, 1.807) is 0 Å². The van der Waals surface area contributed by atoms with Crippen molar-refractivity contribution in [1.29, 1.82) is 0 Å². The highest BCUT2D eigenvalue weighted by Gasteiger charge is 2.16. The van der Waals surface area contributed by atoms with Gasteiger partial charge in [-0.2, -0.15) is 0 Å². The number of nitrogens with zero attached hydrogens (tertiary/aromatic N) is 2. The molecule has 1 aliphatic carbocycles. The minimum atomic E-state index is -0.0349. The Morgan fingerprint density at radius 1 is 1.39 bits per heavy atom. The quantitative estimate of drug-likeness (QED) is 0.860. The summed E-state index contributed by atoms with van der Waals surface area (Å²) >= 11 is 0. The van der Waals surface area contributed by atoms with Gasteiger partial charge in [-0.25, -0.2) is 9.78 Å². The standard InChI is InChI=1S/C18H26N4O/c1-2-12-22-13-14(16-8-5-10-19-17(16)22)9-11-20-18(23)21-15-6-3-4-7-15/h5,8,10,13,15H,2-4,6-7,9,11-12H2,1H3,(H2,20,21,23). The van der Waals surface area contributed by atoms with Gasteiger partial charge < -0.3 is 15.2 Å². The van der Waals surface area contributed by atoms with Gasteiger partial charge >= 0.3 is 6.03 Å². The monoisotopic (exact) mass is 314 g/mol. The van der Waals surface area contributed by atoms with Gasteiger partial charge in [-0.1, -0.05) is 19.8 Å². The Bertz CT molecular complexity index is 658. The number of aromatic nitrogens is 2. The molecule has 0 saturated heterocycles. The van der Waals surface area contributed by atoms with Crippen LogP contribution in [0.3, 0.4) is 0 Å². The molecule has 2 N–H and O–H groups in total. The number of hydrogen-bond donors (Lipinski definition) is 2. The van der Waals surface area contributed by atoms with Crippen molar-refractivity contribution in [3.8, 4) is 0 Å². The molecule has 23 heavy (non-hydrogen) atoms. The van der Waals surface area contributed by atoms with E-state index in [4.69, 9.17) is 0 Å². The summed E-state index contributed by atoms with van der Waals surface area (Å²) in [4.78, 5) is 16.4. The molecule has 0 aromatic carbocycles. The van der Waals surface area contributed by atoms with E-state index in [0.717, 1.165) is 37.9 Å².